The SMILES string of the molecule is C1=CC2Sc3c(cccc3-n3ccc4c5sc(-c6ccccc6)cc5c5cc(-c6cccc7c6oc6ccccc67)ccc5c43)C2C=C1. The van der Waals surface area contributed by atoms with Gasteiger partial charge in [0.2, 0.25) is 0 Å². The molecule has 4 heteroatoms. The van der Waals surface area contributed by atoms with Crippen LogP contribution in [0.4, 0.5) is 0 Å². The van der Waals surface area contributed by atoms with Crippen molar-refractivity contribution < 1.29 is 4.42 Å². The molecular weight excluding hydrogens is 623 g/mol. The highest BCUT2D eigenvalue weighted by molar-refractivity contribution is 8.00. The Labute approximate surface area is 285 Å². The van der Waals surface area contributed by atoms with Crippen LogP contribution in [0.3, 0.4) is 0 Å². The van der Waals surface area contributed by atoms with Gasteiger partial charge in [0, 0.05) is 64.3 Å². The van der Waals surface area contributed by atoms with Crippen molar-refractivity contribution in [3.05, 3.63) is 157 Å². The lowest BCUT2D eigenvalue weighted by Gasteiger charge is -2.15. The second-order valence-corrected chi connectivity index (χ2v) is 15.0. The molecule has 3 aromatic heterocycles. The molecule has 4 heterocycles. The Bertz CT molecular complexity index is 2830. The zero-order valence-electron chi connectivity index (χ0n) is 25.8. The standard InChI is InChI=1S/C44H27NOS2/c1-2-10-26(11-3-1)40-25-36-35-24-27(28-14-8-15-32-29-12-4-6-18-38(29)46-42(28)32)20-21-31(35)41-34(43(36)48-40)22-23-45(41)37-17-9-16-33-30-13-5-7-19-39(30)47-44(33)37/h1-25,30,39H. The molecule has 2 unspecified atom stereocenters. The lowest BCUT2D eigenvalue weighted by molar-refractivity contribution is 0.670. The molecule has 6 aromatic carbocycles. The minimum Gasteiger partial charge on any atom is -0.455 e. The predicted octanol–water partition coefficient (Wildman–Crippen LogP) is 12.9. The second-order valence-electron chi connectivity index (χ2n) is 12.8. The van der Waals surface area contributed by atoms with Gasteiger partial charge in [-0.25, -0.2) is 0 Å². The predicted molar refractivity (Wildman–Crippen MR) is 205 cm³/mol. The molecule has 2 aliphatic rings. The molecule has 2 atom stereocenters. The Kier molecular flexibility index (Phi) is 5.63. The number of fused-ring (bicyclic) bond motifs is 12. The lowest BCUT2D eigenvalue weighted by atomic mass is 9.92. The molecule has 0 fully saturated rings. The maximum absolute atomic E-state index is 6.50. The van der Waals surface area contributed by atoms with Crippen LogP contribution in [0.15, 0.2) is 161 Å². The van der Waals surface area contributed by atoms with E-state index in [4.69, 9.17) is 4.42 Å². The van der Waals surface area contributed by atoms with Crippen LogP contribution in [0.1, 0.15) is 11.5 Å². The summed E-state index contributed by atoms with van der Waals surface area (Å²) in [4.78, 5) is 2.68. The van der Waals surface area contributed by atoms with E-state index in [0.29, 0.717) is 11.2 Å². The molecule has 0 spiro atoms. The first-order chi connectivity index (χ1) is 23.8. The summed E-state index contributed by atoms with van der Waals surface area (Å²) in [5, 5.41) is 7.88. The number of thiophene rings is 1. The van der Waals surface area contributed by atoms with Gasteiger partial charge in [0.25, 0.3) is 0 Å². The summed E-state index contributed by atoms with van der Waals surface area (Å²) < 4.78 is 10.3. The molecule has 1 aliphatic heterocycles. The summed E-state index contributed by atoms with van der Waals surface area (Å²) in [5.74, 6) is 0.425. The minimum atomic E-state index is 0.425. The Balaban J connectivity index is 1.20. The van der Waals surface area contributed by atoms with E-state index in [9.17, 15) is 0 Å². The number of benzene rings is 6. The lowest BCUT2D eigenvalue weighted by Crippen LogP contribution is -2.06. The number of furan rings is 1. The second kappa shape index (κ2) is 10.1. The summed E-state index contributed by atoms with van der Waals surface area (Å²) in [6.07, 6.45) is 11.4. The molecule has 2 nitrogen and oxygen atoms in total. The summed E-state index contributed by atoms with van der Waals surface area (Å²) in [5.41, 5.74) is 9.36. The third-order valence-electron chi connectivity index (χ3n) is 10.2. The van der Waals surface area contributed by atoms with Crippen LogP contribution in [0.2, 0.25) is 0 Å². The van der Waals surface area contributed by atoms with Crippen molar-refractivity contribution in [2.45, 2.75) is 16.1 Å². The number of hydrogen-bond donors (Lipinski definition) is 0. The van der Waals surface area contributed by atoms with Gasteiger partial charge in [-0.3, -0.25) is 0 Å². The zero-order valence-corrected chi connectivity index (χ0v) is 27.4. The first-order valence-electron chi connectivity index (χ1n) is 16.4. The molecule has 0 bridgehead atoms. The van der Waals surface area contributed by atoms with Crippen molar-refractivity contribution >= 4 is 76.8 Å². The Morgan fingerprint density at radius 1 is 0.604 bits per heavy atom. The van der Waals surface area contributed by atoms with E-state index in [1.54, 1.807) is 0 Å². The fourth-order valence-electron chi connectivity index (χ4n) is 7.98. The van der Waals surface area contributed by atoms with E-state index in [0.717, 1.165) is 33.1 Å². The van der Waals surface area contributed by atoms with E-state index < -0.39 is 0 Å². The Morgan fingerprint density at radius 2 is 1.46 bits per heavy atom. The van der Waals surface area contributed by atoms with Crippen molar-refractivity contribution in [3.8, 4) is 27.3 Å². The number of thioether (sulfide) groups is 1. The van der Waals surface area contributed by atoms with Gasteiger partial charge >= 0.3 is 0 Å². The molecule has 1 aliphatic carbocycles. The van der Waals surface area contributed by atoms with Crippen molar-refractivity contribution in [2.75, 3.05) is 0 Å². The van der Waals surface area contributed by atoms with E-state index in [1.165, 1.54) is 58.3 Å². The topological polar surface area (TPSA) is 18.1 Å². The van der Waals surface area contributed by atoms with E-state index in [-0.39, 0.29) is 0 Å². The molecule has 9 aromatic rings. The van der Waals surface area contributed by atoms with Crippen LogP contribution in [-0.2, 0) is 0 Å². The molecule has 0 radical (unpaired) electrons. The van der Waals surface area contributed by atoms with E-state index in [2.05, 4.69) is 150 Å². The molecule has 0 saturated carbocycles. The zero-order chi connectivity index (χ0) is 31.3. The van der Waals surface area contributed by atoms with Crippen LogP contribution in [-0.4, -0.2) is 9.82 Å². The Hall–Kier alpha value is -5.29. The van der Waals surface area contributed by atoms with Crippen molar-refractivity contribution in [3.63, 3.8) is 0 Å². The molecule has 226 valence electrons. The van der Waals surface area contributed by atoms with Gasteiger partial charge in [-0.05, 0) is 52.4 Å². The van der Waals surface area contributed by atoms with E-state index in [1.807, 2.05) is 29.2 Å². The summed E-state index contributed by atoms with van der Waals surface area (Å²) in [6.45, 7) is 0. The number of para-hydroxylation sites is 2. The number of rotatable bonds is 3. The van der Waals surface area contributed by atoms with Crippen LogP contribution in [0.25, 0.3) is 81.0 Å². The van der Waals surface area contributed by atoms with Gasteiger partial charge in [0.15, 0.2) is 0 Å². The summed E-state index contributed by atoms with van der Waals surface area (Å²) in [6, 6.07) is 44.2. The fourth-order valence-corrected chi connectivity index (χ4v) is 10.6. The first kappa shape index (κ1) is 26.7. The Morgan fingerprint density at radius 3 is 2.42 bits per heavy atom. The molecular formula is C44H27NOS2. The smallest absolute Gasteiger partial charge is 0.143 e. The molecule has 0 N–H and O–H groups in total. The molecule has 48 heavy (non-hydrogen) atoms. The van der Waals surface area contributed by atoms with Gasteiger partial charge in [-0.1, -0.05) is 115 Å². The summed E-state index contributed by atoms with van der Waals surface area (Å²) in [7, 11) is 0. The van der Waals surface area contributed by atoms with Crippen LogP contribution in [0, 0.1) is 0 Å². The van der Waals surface area contributed by atoms with Gasteiger partial charge in [-0.2, -0.15) is 0 Å². The first-order valence-corrected chi connectivity index (χ1v) is 18.1. The molecule has 11 rings (SSSR count). The highest BCUT2D eigenvalue weighted by atomic mass is 32.2. The van der Waals surface area contributed by atoms with Crippen LogP contribution >= 0.6 is 23.1 Å². The minimum absolute atomic E-state index is 0.425. The third-order valence-corrected chi connectivity index (χ3v) is 12.8. The largest absolute Gasteiger partial charge is 0.455 e. The monoisotopic (exact) mass is 649 g/mol. The average molecular weight is 650 g/mol. The fraction of sp³-hybridized carbons (Fsp3) is 0.0455. The summed E-state index contributed by atoms with van der Waals surface area (Å²) >= 11 is 3.90. The van der Waals surface area contributed by atoms with Gasteiger partial charge < -0.3 is 8.98 Å². The maximum Gasteiger partial charge on any atom is 0.143 e. The van der Waals surface area contributed by atoms with Crippen molar-refractivity contribution in [2.24, 2.45) is 0 Å². The highest BCUT2D eigenvalue weighted by Gasteiger charge is 2.33. The van der Waals surface area contributed by atoms with Crippen molar-refractivity contribution in [1.82, 2.24) is 4.57 Å². The number of aromatic nitrogens is 1. The molecule has 0 amide bonds. The van der Waals surface area contributed by atoms with Gasteiger partial charge in [0.05, 0.1) is 11.2 Å². The van der Waals surface area contributed by atoms with E-state index >= 15 is 0 Å². The normalized spacial score (nSPS) is 16.9. The van der Waals surface area contributed by atoms with Gasteiger partial charge in [-0.15, -0.1) is 23.1 Å². The average Bonchev–Trinajstić information content (AvgIpc) is 3.94. The van der Waals surface area contributed by atoms with Crippen molar-refractivity contribution in [1.29, 1.82) is 0 Å². The number of hydrogen-bond acceptors (Lipinski definition) is 3. The number of allylic oxidation sites excluding steroid dienone is 3. The van der Waals surface area contributed by atoms with Crippen LogP contribution in [0.5, 0.6) is 0 Å². The third kappa shape index (κ3) is 3.76. The number of nitrogens with zero attached hydrogens (tertiary/aromatic N) is 1. The molecule has 0 saturated heterocycles. The highest BCUT2D eigenvalue weighted by Crippen LogP contribution is 2.52. The quantitative estimate of drug-likeness (QED) is 0.190. The van der Waals surface area contributed by atoms with Gasteiger partial charge in [0.1, 0.15) is 11.2 Å². The maximum atomic E-state index is 6.50. The van der Waals surface area contributed by atoms with Crippen LogP contribution < -0.4 is 0 Å².